The molecule has 0 aliphatic carbocycles. The first-order chi connectivity index (χ1) is 6.74. The van der Waals surface area contributed by atoms with E-state index in [1.807, 2.05) is 5.38 Å². The van der Waals surface area contributed by atoms with Gasteiger partial charge in [-0.2, -0.15) is 0 Å². The molecule has 1 N–H and O–H groups in total. The van der Waals surface area contributed by atoms with Gasteiger partial charge in [0.25, 0.3) is 0 Å². The van der Waals surface area contributed by atoms with Crippen molar-refractivity contribution < 1.29 is 0 Å². The Hall–Kier alpha value is -0.320. The lowest BCUT2D eigenvalue weighted by molar-refractivity contribution is 0.263. The summed E-state index contributed by atoms with van der Waals surface area (Å²) >= 11 is 7.24. The average Bonchev–Trinajstić information content (AvgIpc) is 2.56. The van der Waals surface area contributed by atoms with E-state index >= 15 is 0 Å². The maximum atomic E-state index is 5.76. The van der Waals surface area contributed by atoms with Crippen LogP contribution in [0.4, 0.5) is 5.82 Å². The molecule has 0 amide bonds. The number of nitrogens with zero attached hydrogens (tertiary/aromatic N) is 2. The highest BCUT2D eigenvalue weighted by molar-refractivity contribution is 7.14. The minimum absolute atomic E-state index is 0.560. The summed E-state index contributed by atoms with van der Waals surface area (Å²) in [5, 5.41) is 5.38. The van der Waals surface area contributed by atoms with E-state index in [4.69, 9.17) is 11.6 Å². The van der Waals surface area contributed by atoms with Crippen molar-refractivity contribution in [2.75, 3.05) is 25.5 Å². The Morgan fingerprint density at radius 3 is 2.86 bits per heavy atom. The maximum absolute atomic E-state index is 5.76. The van der Waals surface area contributed by atoms with Crippen LogP contribution in [0.15, 0.2) is 5.38 Å². The van der Waals surface area contributed by atoms with E-state index < -0.39 is 0 Å². The van der Waals surface area contributed by atoms with E-state index in [9.17, 15) is 0 Å². The topological polar surface area (TPSA) is 28.2 Å². The van der Waals surface area contributed by atoms with Crippen molar-refractivity contribution in [1.29, 1.82) is 0 Å². The molecule has 78 valence electrons. The van der Waals surface area contributed by atoms with Crippen molar-refractivity contribution in [2.45, 2.75) is 18.9 Å². The standard InChI is InChI=1S/C9H14ClN3S/c1-13-4-2-7(3-5-13)11-8-6-14-9(10)12-8/h6-7,11H,2-5H2,1H3. The van der Waals surface area contributed by atoms with E-state index in [1.165, 1.54) is 24.2 Å². The first-order valence-electron chi connectivity index (χ1n) is 4.80. The third-order valence-corrected chi connectivity index (χ3v) is 3.53. The van der Waals surface area contributed by atoms with Crippen LogP contribution in [0.5, 0.6) is 0 Å². The molecule has 1 aliphatic heterocycles. The van der Waals surface area contributed by atoms with E-state index in [1.54, 1.807) is 0 Å². The Balaban J connectivity index is 1.86. The van der Waals surface area contributed by atoms with Gasteiger partial charge in [-0.25, -0.2) is 4.98 Å². The molecule has 0 saturated carbocycles. The van der Waals surface area contributed by atoms with Gasteiger partial charge in [0, 0.05) is 11.4 Å². The van der Waals surface area contributed by atoms with Crippen LogP contribution in [-0.2, 0) is 0 Å². The summed E-state index contributed by atoms with van der Waals surface area (Å²) in [6, 6.07) is 0.560. The quantitative estimate of drug-likeness (QED) is 0.847. The summed E-state index contributed by atoms with van der Waals surface area (Å²) in [7, 11) is 2.16. The molecule has 0 spiro atoms. The molecule has 2 rings (SSSR count). The lowest BCUT2D eigenvalue weighted by atomic mass is 10.1. The van der Waals surface area contributed by atoms with Crippen molar-refractivity contribution in [1.82, 2.24) is 9.88 Å². The lowest BCUT2D eigenvalue weighted by Gasteiger charge is -2.29. The second-order valence-corrected chi connectivity index (χ2v) is 5.15. The second kappa shape index (κ2) is 4.47. The van der Waals surface area contributed by atoms with Crippen molar-refractivity contribution >= 4 is 28.8 Å². The fraction of sp³-hybridized carbons (Fsp3) is 0.667. The Kier molecular flexibility index (Phi) is 3.26. The molecule has 0 atom stereocenters. The van der Waals surface area contributed by atoms with E-state index in [0.29, 0.717) is 10.5 Å². The van der Waals surface area contributed by atoms with Gasteiger partial charge in [-0.05, 0) is 33.0 Å². The summed E-state index contributed by atoms with van der Waals surface area (Å²) in [4.78, 5) is 6.54. The van der Waals surface area contributed by atoms with Crippen molar-refractivity contribution in [3.8, 4) is 0 Å². The minimum atomic E-state index is 0.560. The molecular weight excluding hydrogens is 218 g/mol. The molecule has 5 heteroatoms. The summed E-state index contributed by atoms with van der Waals surface area (Å²) in [6.45, 7) is 2.32. The van der Waals surface area contributed by atoms with Gasteiger partial charge in [0.05, 0.1) is 0 Å². The fourth-order valence-electron chi connectivity index (χ4n) is 1.68. The Morgan fingerprint density at radius 2 is 2.29 bits per heavy atom. The van der Waals surface area contributed by atoms with Gasteiger partial charge < -0.3 is 10.2 Å². The molecule has 1 fully saturated rings. The molecule has 1 aliphatic rings. The van der Waals surface area contributed by atoms with Crippen LogP contribution in [0, 0.1) is 0 Å². The first kappa shape index (κ1) is 10.2. The number of hydrogen-bond acceptors (Lipinski definition) is 4. The zero-order valence-electron chi connectivity index (χ0n) is 8.16. The molecule has 0 radical (unpaired) electrons. The van der Waals surface area contributed by atoms with Gasteiger partial charge in [0.2, 0.25) is 0 Å². The number of thiazole rings is 1. The molecular formula is C9H14ClN3S. The number of anilines is 1. The Bertz CT molecular complexity index is 294. The largest absolute Gasteiger partial charge is 0.366 e. The van der Waals surface area contributed by atoms with Crippen molar-refractivity contribution in [3.05, 3.63) is 9.85 Å². The van der Waals surface area contributed by atoms with Crippen LogP contribution < -0.4 is 5.32 Å². The van der Waals surface area contributed by atoms with Crippen LogP contribution in [0.3, 0.4) is 0 Å². The zero-order chi connectivity index (χ0) is 9.97. The van der Waals surface area contributed by atoms with Crippen LogP contribution in [-0.4, -0.2) is 36.1 Å². The molecule has 0 unspecified atom stereocenters. The van der Waals surface area contributed by atoms with Crippen molar-refractivity contribution in [3.63, 3.8) is 0 Å². The monoisotopic (exact) mass is 231 g/mol. The van der Waals surface area contributed by atoms with Crippen LogP contribution in [0.1, 0.15) is 12.8 Å². The van der Waals surface area contributed by atoms with Gasteiger partial charge in [0.15, 0.2) is 4.47 Å². The number of aromatic nitrogens is 1. The number of likely N-dealkylation sites (tertiary alicyclic amines) is 1. The molecule has 1 aromatic heterocycles. The SMILES string of the molecule is CN1CCC(Nc2csc(Cl)n2)CC1. The molecule has 3 nitrogen and oxygen atoms in total. The summed E-state index contributed by atoms with van der Waals surface area (Å²) in [5.74, 6) is 0.926. The first-order valence-corrected chi connectivity index (χ1v) is 6.06. The zero-order valence-corrected chi connectivity index (χ0v) is 9.74. The highest BCUT2D eigenvalue weighted by Gasteiger charge is 2.16. The highest BCUT2D eigenvalue weighted by atomic mass is 35.5. The van der Waals surface area contributed by atoms with Crippen LogP contribution in [0.25, 0.3) is 0 Å². The fourth-order valence-corrected chi connectivity index (χ4v) is 2.39. The molecule has 1 aromatic rings. The summed E-state index contributed by atoms with van der Waals surface area (Å²) in [5.41, 5.74) is 0. The van der Waals surface area contributed by atoms with E-state index in [-0.39, 0.29) is 0 Å². The number of rotatable bonds is 2. The summed E-state index contributed by atoms with van der Waals surface area (Å²) in [6.07, 6.45) is 2.37. The second-order valence-electron chi connectivity index (χ2n) is 3.71. The third-order valence-electron chi connectivity index (χ3n) is 2.55. The van der Waals surface area contributed by atoms with Crippen molar-refractivity contribution in [2.24, 2.45) is 0 Å². The van der Waals surface area contributed by atoms with E-state index in [2.05, 4.69) is 22.2 Å². The van der Waals surface area contributed by atoms with Crippen LogP contribution in [0.2, 0.25) is 4.47 Å². The van der Waals surface area contributed by atoms with Gasteiger partial charge in [-0.1, -0.05) is 11.6 Å². The van der Waals surface area contributed by atoms with Crippen LogP contribution >= 0.6 is 22.9 Å². The predicted molar refractivity (Wildman–Crippen MR) is 61.3 cm³/mol. The smallest absolute Gasteiger partial charge is 0.185 e. The van der Waals surface area contributed by atoms with E-state index in [0.717, 1.165) is 18.9 Å². The highest BCUT2D eigenvalue weighted by Crippen LogP contribution is 2.21. The third kappa shape index (κ3) is 2.59. The van der Waals surface area contributed by atoms with Gasteiger partial charge in [-0.15, -0.1) is 11.3 Å². The lowest BCUT2D eigenvalue weighted by Crippen LogP contribution is -2.36. The number of piperidine rings is 1. The minimum Gasteiger partial charge on any atom is -0.366 e. The predicted octanol–water partition coefficient (Wildman–Crippen LogP) is 2.30. The average molecular weight is 232 g/mol. The van der Waals surface area contributed by atoms with Gasteiger partial charge in [0.1, 0.15) is 5.82 Å². The number of hydrogen-bond donors (Lipinski definition) is 1. The summed E-state index contributed by atoms with van der Waals surface area (Å²) < 4.78 is 0.612. The van der Waals surface area contributed by atoms with Gasteiger partial charge in [-0.3, -0.25) is 0 Å². The molecule has 0 bridgehead atoms. The molecule has 14 heavy (non-hydrogen) atoms. The molecule has 0 aromatic carbocycles. The Labute approximate surface area is 93.1 Å². The van der Waals surface area contributed by atoms with Gasteiger partial charge >= 0.3 is 0 Å². The maximum Gasteiger partial charge on any atom is 0.185 e. The normalized spacial score (nSPS) is 19.9. The molecule has 1 saturated heterocycles. The number of nitrogens with one attached hydrogen (secondary N) is 1. The Morgan fingerprint density at radius 1 is 1.57 bits per heavy atom. The number of halogens is 1. The molecule has 2 heterocycles.